The lowest BCUT2D eigenvalue weighted by atomic mass is 9.88. The Morgan fingerprint density at radius 3 is 2.75 bits per heavy atom. The van der Waals surface area contributed by atoms with Crippen LogP contribution in [0.3, 0.4) is 0 Å². The Morgan fingerprint density at radius 1 is 1.25 bits per heavy atom. The van der Waals surface area contributed by atoms with E-state index in [0.29, 0.717) is 12.0 Å². The molecule has 1 aromatic rings. The van der Waals surface area contributed by atoms with Gasteiger partial charge in [0.2, 0.25) is 0 Å². The van der Waals surface area contributed by atoms with Gasteiger partial charge in [0.15, 0.2) is 0 Å². The monoisotopic (exact) mass is 221 g/mol. The van der Waals surface area contributed by atoms with Crippen molar-refractivity contribution in [3.05, 3.63) is 35.1 Å². The van der Waals surface area contributed by atoms with Crippen LogP contribution in [0.5, 0.6) is 0 Å². The first-order valence-corrected chi connectivity index (χ1v) is 6.18. The van der Waals surface area contributed by atoms with Crippen LogP contribution in [0.2, 0.25) is 0 Å². The molecule has 1 aromatic carbocycles. The summed E-state index contributed by atoms with van der Waals surface area (Å²) in [7, 11) is 0. The third kappa shape index (κ3) is 2.62. The predicted molar refractivity (Wildman–Crippen MR) is 64.9 cm³/mol. The molecule has 0 spiro atoms. The summed E-state index contributed by atoms with van der Waals surface area (Å²) < 4.78 is 13.0. The fraction of sp³-hybridized carbons (Fsp3) is 0.571. The van der Waals surface area contributed by atoms with Gasteiger partial charge < -0.3 is 5.73 Å². The number of rotatable bonds is 1. The maximum Gasteiger partial charge on any atom is 0.123 e. The highest BCUT2D eigenvalue weighted by molar-refractivity contribution is 5.30. The molecular weight excluding hydrogens is 201 g/mol. The number of aryl methyl sites for hydroxylation is 1. The lowest BCUT2D eigenvalue weighted by Crippen LogP contribution is -2.21. The van der Waals surface area contributed by atoms with Gasteiger partial charge in [-0.2, -0.15) is 0 Å². The quantitative estimate of drug-likeness (QED) is 0.721. The van der Waals surface area contributed by atoms with E-state index in [2.05, 4.69) is 0 Å². The largest absolute Gasteiger partial charge is 0.328 e. The Kier molecular flexibility index (Phi) is 3.59. The molecule has 2 unspecified atom stereocenters. The van der Waals surface area contributed by atoms with Crippen molar-refractivity contribution >= 4 is 0 Å². The SMILES string of the molecule is Cc1cc(F)ccc1C1CCCCC(N)C1. The molecule has 1 nitrogen and oxygen atoms in total. The number of hydrogen-bond acceptors (Lipinski definition) is 1. The van der Waals surface area contributed by atoms with Gasteiger partial charge >= 0.3 is 0 Å². The molecule has 2 atom stereocenters. The van der Waals surface area contributed by atoms with E-state index in [1.54, 1.807) is 12.1 Å². The third-order valence-electron chi connectivity index (χ3n) is 3.64. The van der Waals surface area contributed by atoms with Gasteiger partial charge in [0.1, 0.15) is 5.82 Å². The van der Waals surface area contributed by atoms with E-state index >= 15 is 0 Å². The summed E-state index contributed by atoms with van der Waals surface area (Å²) in [6, 6.07) is 5.45. The molecular formula is C14H20FN. The minimum atomic E-state index is -0.140. The van der Waals surface area contributed by atoms with Crippen LogP contribution in [0, 0.1) is 12.7 Å². The number of halogens is 1. The van der Waals surface area contributed by atoms with E-state index < -0.39 is 0 Å². The van der Waals surface area contributed by atoms with Crippen LogP contribution in [0.1, 0.15) is 49.1 Å². The highest BCUT2D eigenvalue weighted by Crippen LogP contribution is 2.33. The Hall–Kier alpha value is -0.890. The maximum absolute atomic E-state index is 13.0. The fourth-order valence-corrected chi connectivity index (χ4v) is 2.78. The Bertz CT molecular complexity index is 362. The van der Waals surface area contributed by atoms with E-state index in [4.69, 9.17) is 5.73 Å². The molecule has 0 aromatic heterocycles. The van der Waals surface area contributed by atoms with Crippen molar-refractivity contribution in [2.75, 3.05) is 0 Å². The Morgan fingerprint density at radius 2 is 2.00 bits per heavy atom. The van der Waals surface area contributed by atoms with Crippen LogP contribution in [-0.4, -0.2) is 6.04 Å². The molecule has 0 amide bonds. The van der Waals surface area contributed by atoms with Crippen molar-refractivity contribution in [2.24, 2.45) is 5.73 Å². The fourth-order valence-electron chi connectivity index (χ4n) is 2.78. The van der Waals surface area contributed by atoms with Crippen LogP contribution in [0.25, 0.3) is 0 Å². The molecule has 2 N–H and O–H groups in total. The first-order chi connectivity index (χ1) is 7.66. The van der Waals surface area contributed by atoms with Crippen LogP contribution >= 0.6 is 0 Å². The van der Waals surface area contributed by atoms with Gasteiger partial charge in [0.05, 0.1) is 0 Å². The molecule has 0 heterocycles. The summed E-state index contributed by atoms with van der Waals surface area (Å²) in [6.45, 7) is 1.99. The van der Waals surface area contributed by atoms with E-state index in [1.165, 1.54) is 24.8 Å². The van der Waals surface area contributed by atoms with E-state index in [9.17, 15) is 4.39 Å². The lowest BCUT2D eigenvalue weighted by Gasteiger charge is -2.19. The van der Waals surface area contributed by atoms with Crippen LogP contribution in [-0.2, 0) is 0 Å². The summed E-state index contributed by atoms with van der Waals surface area (Å²) in [4.78, 5) is 0. The molecule has 1 fully saturated rings. The summed E-state index contributed by atoms with van der Waals surface area (Å²) >= 11 is 0. The second kappa shape index (κ2) is 4.96. The Balaban J connectivity index is 2.21. The average Bonchev–Trinajstić information content (AvgIpc) is 2.43. The highest BCUT2D eigenvalue weighted by atomic mass is 19.1. The zero-order chi connectivity index (χ0) is 11.5. The third-order valence-corrected chi connectivity index (χ3v) is 3.64. The molecule has 2 heteroatoms. The van der Waals surface area contributed by atoms with Crippen molar-refractivity contribution in [3.63, 3.8) is 0 Å². The van der Waals surface area contributed by atoms with Crippen LogP contribution in [0.15, 0.2) is 18.2 Å². The average molecular weight is 221 g/mol. The van der Waals surface area contributed by atoms with Crippen molar-refractivity contribution in [1.82, 2.24) is 0 Å². The molecule has 2 rings (SSSR count). The first-order valence-electron chi connectivity index (χ1n) is 6.18. The van der Waals surface area contributed by atoms with E-state index in [1.807, 2.05) is 13.0 Å². The topological polar surface area (TPSA) is 26.0 Å². The molecule has 1 aliphatic rings. The minimum Gasteiger partial charge on any atom is -0.328 e. The van der Waals surface area contributed by atoms with E-state index in [-0.39, 0.29) is 5.82 Å². The van der Waals surface area contributed by atoms with E-state index in [0.717, 1.165) is 18.4 Å². The molecule has 88 valence electrons. The normalized spacial score (nSPS) is 26.4. The van der Waals surface area contributed by atoms with Crippen LogP contribution < -0.4 is 5.73 Å². The van der Waals surface area contributed by atoms with Gasteiger partial charge in [0, 0.05) is 6.04 Å². The standard InChI is InChI=1S/C14H20FN/c1-10-8-12(15)6-7-14(10)11-4-2-3-5-13(16)9-11/h6-8,11,13H,2-5,9,16H2,1H3. The number of benzene rings is 1. The minimum absolute atomic E-state index is 0.140. The second-order valence-electron chi connectivity index (χ2n) is 4.98. The second-order valence-corrected chi connectivity index (χ2v) is 4.98. The molecule has 1 aliphatic carbocycles. The van der Waals surface area contributed by atoms with Gasteiger partial charge in [-0.05, 0) is 55.4 Å². The summed E-state index contributed by atoms with van der Waals surface area (Å²) in [5, 5.41) is 0. The maximum atomic E-state index is 13.0. The smallest absolute Gasteiger partial charge is 0.123 e. The van der Waals surface area contributed by atoms with Gasteiger partial charge in [-0.15, -0.1) is 0 Å². The summed E-state index contributed by atoms with van der Waals surface area (Å²) in [6.07, 6.45) is 5.86. The molecule has 1 saturated carbocycles. The molecule has 0 aliphatic heterocycles. The highest BCUT2D eigenvalue weighted by Gasteiger charge is 2.20. The van der Waals surface area contributed by atoms with Gasteiger partial charge in [0.25, 0.3) is 0 Å². The summed E-state index contributed by atoms with van der Waals surface area (Å²) in [5.41, 5.74) is 8.43. The molecule has 0 saturated heterocycles. The molecule has 0 bridgehead atoms. The number of nitrogens with two attached hydrogens (primary N) is 1. The first kappa shape index (κ1) is 11.6. The molecule has 16 heavy (non-hydrogen) atoms. The van der Waals surface area contributed by atoms with Crippen molar-refractivity contribution in [2.45, 2.75) is 51.0 Å². The zero-order valence-corrected chi connectivity index (χ0v) is 9.88. The predicted octanol–water partition coefficient (Wildman–Crippen LogP) is 3.51. The van der Waals surface area contributed by atoms with Crippen molar-refractivity contribution < 1.29 is 4.39 Å². The number of hydrogen-bond donors (Lipinski definition) is 1. The Labute approximate surface area is 96.9 Å². The molecule has 0 radical (unpaired) electrons. The van der Waals surface area contributed by atoms with Gasteiger partial charge in [-0.25, -0.2) is 4.39 Å². The van der Waals surface area contributed by atoms with Crippen LogP contribution in [0.4, 0.5) is 4.39 Å². The van der Waals surface area contributed by atoms with Gasteiger partial charge in [-0.3, -0.25) is 0 Å². The van der Waals surface area contributed by atoms with Crippen molar-refractivity contribution in [1.29, 1.82) is 0 Å². The lowest BCUT2D eigenvalue weighted by molar-refractivity contribution is 0.532. The zero-order valence-electron chi connectivity index (χ0n) is 9.88. The van der Waals surface area contributed by atoms with Gasteiger partial charge in [-0.1, -0.05) is 18.9 Å². The summed E-state index contributed by atoms with van der Waals surface area (Å²) in [5.74, 6) is 0.386. The van der Waals surface area contributed by atoms with Crippen molar-refractivity contribution in [3.8, 4) is 0 Å².